The Bertz CT molecular complexity index is 509. The zero-order chi connectivity index (χ0) is 13.1. The van der Waals surface area contributed by atoms with E-state index in [9.17, 15) is 0 Å². The van der Waals surface area contributed by atoms with Gasteiger partial charge in [0.2, 0.25) is 5.95 Å². The van der Waals surface area contributed by atoms with Crippen LogP contribution in [0.25, 0.3) is 0 Å². The molecule has 0 amide bonds. The first-order chi connectivity index (χ1) is 8.56. The van der Waals surface area contributed by atoms with Crippen molar-refractivity contribution in [1.29, 1.82) is 0 Å². The molecule has 0 aliphatic rings. The molecule has 0 saturated carbocycles. The van der Waals surface area contributed by atoms with Gasteiger partial charge in [-0.2, -0.15) is 5.10 Å². The first-order valence-electron chi connectivity index (χ1n) is 6.32. The van der Waals surface area contributed by atoms with Gasteiger partial charge in [-0.15, -0.1) is 0 Å². The maximum atomic E-state index is 4.51. The van der Waals surface area contributed by atoms with Crippen LogP contribution in [-0.4, -0.2) is 19.7 Å². The van der Waals surface area contributed by atoms with Crippen LogP contribution in [0.15, 0.2) is 12.4 Å². The van der Waals surface area contributed by atoms with E-state index < -0.39 is 0 Å². The summed E-state index contributed by atoms with van der Waals surface area (Å²) < 4.78 is 2.18. The number of nitrogens with one attached hydrogen (secondary N) is 2. The van der Waals surface area contributed by atoms with Gasteiger partial charge in [-0.3, -0.25) is 5.10 Å². The number of hydrogen-bond donors (Lipinski definition) is 2. The minimum Gasteiger partial charge on any atom is -0.351 e. The summed E-state index contributed by atoms with van der Waals surface area (Å²) in [4.78, 5) is 4.51. The van der Waals surface area contributed by atoms with Crippen LogP contribution in [0, 0.1) is 19.8 Å². The van der Waals surface area contributed by atoms with Crippen molar-refractivity contribution in [3.63, 3.8) is 0 Å². The van der Waals surface area contributed by atoms with E-state index in [0.29, 0.717) is 5.92 Å². The molecule has 5 nitrogen and oxygen atoms in total. The van der Waals surface area contributed by atoms with Crippen LogP contribution in [0.5, 0.6) is 0 Å². The van der Waals surface area contributed by atoms with Gasteiger partial charge in [-0.05, 0) is 19.8 Å². The van der Waals surface area contributed by atoms with Crippen molar-refractivity contribution < 1.29 is 0 Å². The monoisotopic (exact) mass is 247 g/mol. The highest BCUT2D eigenvalue weighted by molar-refractivity contribution is 5.31. The fraction of sp³-hybridized carbons (Fsp3) is 0.538. The molecule has 2 aromatic rings. The highest BCUT2D eigenvalue weighted by atomic mass is 15.2. The number of imidazole rings is 1. The van der Waals surface area contributed by atoms with Gasteiger partial charge >= 0.3 is 0 Å². The maximum absolute atomic E-state index is 4.51. The molecule has 0 saturated heterocycles. The van der Waals surface area contributed by atoms with Crippen molar-refractivity contribution >= 4 is 5.95 Å². The molecule has 98 valence electrons. The lowest BCUT2D eigenvalue weighted by Gasteiger charge is -2.11. The Morgan fingerprint density at radius 3 is 2.78 bits per heavy atom. The zero-order valence-corrected chi connectivity index (χ0v) is 11.5. The number of hydrogen-bond acceptors (Lipinski definition) is 3. The standard InChI is InChI=1S/C13H21N5/c1-9(2)7-18-8-10(3)16-13(18)14-5-12-6-15-17-11(12)4/h6,8-9H,5,7H2,1-4H3,(H,14,16)(H,15,17). The average molecular weight is 247 g/mol. The van der Waals surface area contributed by atoms with Crippen molar-refractivity contribution in [3.8, 4) is 0 Å². The van der Waals surface area contributed by atoms with Crippen LogP contribution in [0.4, 0.5) is 5.95 Å². The molecule has 0 fully saturated rings. The second kappa shape index (κ2) is 5.25. The topological polar surface area (TPSA) is 58.5 Å². The van der Waals surface area contributed by atoms with Crippen molar-refractivity contribution in [2.75, 3.05) is 5.32 Å². The van der Waals surface area contributed by atoms with Gasteiger partial charge in [-0.25, -0.2) is 4.98 Å². The molecule has 2 N–H and O–H groups in total. The fourth-order valence-corrected chi connectivity index (χ4v) is 1.95. The van der Waals surface area contributed by atoms with Gasteiger partial charge in [0.1, 0.15) is 0 Å². The molecule has 2 heterocycles. The molecule has 0 aliphatic carbocycles. The quantitative estimate of drug-likeness (QED) is 0.853. The molecule has 18 heavy (non-hydrogen) atoms. The Balaban J connectivity index is 2.07. The normalized spacial score (nSPS) is 11.2. The van der Waals surface area contributed by atoms with E-state index in [1.165, 1.54) is 5.56 Å². The molecule has 2 aromatic heterocycles. The predicted molar refractivity (Wildman–Crippen MR) is 72.5 cm³/mol. The SMILES string of the molecule is Cc1cn(CC(C)C)c(NCc2cn[nH]c2C)n1. The van der Waals surface area contributed by atoms with Gasteiger partial charge in [0.15, 0.2) is 0 Å². The fourth-order valence-electron chi connectivity index (χ4n) is 1.95. The molecule has 0 aliphatic heterocycles. The number of aryl methyl sites for hydroxylation is 2. The van der Waals surface area contributed by atoms with E-state index in [0.717, 1.165) is 30.4 Å². The van der Waals surface area contributed by atoms with Gasteiger partial charge in [0, 0.05) is 30.5 Å². The first kappa shape index (κ1) is 12.7. The number of aromatic nitrogens is 4. The summed E-state index contributed by atoms with van der Waals surface area (Å²) in [5.74, 6) is 1.54. The Labute approximate surface area is 108 Å². The van der Waals surface area contributed by atoms with Crippen LogP contribution in [0.1, 0.15) is 30.8 Å². The highest BCUT2D eigenvalue weighted by Crippen LogP contribution is 2.13. The van der Waals surface area contributed by atoms with Crippen LogP contribution in [0.2, 0.25) is 0 Å². The predicted octanol–water partition coefficient (Wildman–Crippen LogP) is 2.49. The van der Waals surface area contributed by atoms with E-state index >= 15 is 0 Å². The van der Waals surface area contributed by atoms with Crippen LogP contribution >= 0.6 is 0 Å². The van der Waals surface area contributed by atoms with Crippen LogP contribution in [0.3, 0.4) is 0 Å². The van der Waals surface area contributed by atoms with E-state index in [1.54, 1.807) is 0 Å². The third-order valence-corrected chi connectivity index (χ3v) is 2.83. The number of H-pyrrole nitrogens is 1. The summed E-state index contributed by atoms with van der Waals surface area (Å²) in [6.07, 6.45) is 3.94. The largest absolute Gasteiger partial charge is 0.351 e. The minimum atomic E-state index is 0.606. The summed E-state index contributed by atoms with van der Waals surface area (Å²) in [6, 6.07) is 0. The molecule has 0 atom stereocenters. The molecular weight excluding hydrogens is 226 g/mol. The molecular formula is C13H21N5. The molecule has 5 heteroatoms. The van der Waals surface area contributed by atoms with Gasteiger partial charge in [0.25, 0.3) is 0 Å². The number of rotatable bonds is 5. The third kappa shape index (κ3) is 2.91. The van der Waals surface area contributed by atoms with E-state index in [-0.39, 0.29) is 0 Å². The van der Waals surface area contributed by atoms with Gasteiger partial charge < -0.3 is 9.88 Å². The Morgan fingerprint density at radius 1 is 1.39 bits per heavy atom. The van der Waals surface area contributed by atoms with Crippen LogP contribution < -0.4 is 5.32 Å². The van der Waals surface area contributed by atoms with Gasteiger partial charge in [0.05, 0.1) is 11.9 Å². The molecule has 0 radical (unpaired) electrons. The third-order valence-electron chi connectivity index (χ3n) is 2.83. The Hall–Kier alpha value is -1.78. The molecule has 0 bridgehead atoms. The highest BCUT2D eigenvalue weighted by Gasteiger charge is 2.08. The molecule has 0 aromatic carbocycles. The summed E-state index contributed by atoms with van der Waals surface area (Å²) in [5.41, 5.74) is 3.31. The lowest BCUT2D eigenvalue weighted by molar-refractivity contribution is 0.526. The van der Waals surface area contributed by atoms with Crippen molar-refractivity contribution in [1.82, 2.24) is 19.7 Å². The second-order valence-electron chi connectivity index (χ2n) is 5.13. The molecule has 0 spiro atoms. The minimum absolute atomic E-state index is 0.606. The molecule has 2 rings (SSSR count). The van der Waals surface area contributed by atoms with Gasteiger partial charge in [-0.1, -0.05) is 13.8 Å². The van der Waals surface area contributed by atoms with E-state index in [1.807, 2.05) is 20.0 Å². The van der Waals surface area contributed by atoms with Crippen molar-refractivity contribution in [2.45, 2.75) is 40.8 Å². The number of anilines is 1. The number of aromatic amines is 1. The van der Waals surface area contributed by atoms with E-state index in [4.69, 9.17) is 0 Å². The summed E-state index contributed by atoms with van der Waals surface area (Å²) in [6.45, 7) is 10.2. The van der Waals surface area contributed by atoms with E-state index in [2.05, 4.69) is 45.1 Å². The summed E-state index contributed by atoms with van der Waals surface area (Å²) in [5, 5.41) is 10.3. The second-order valence-corrected chi connectivity index (χ2v) is 5.13. The lowest BCUT2D eigenvalue weighted by Crippen LogP contribution is -2.10. The smallest absolute Gasteiger partial charge is 0.203 e. The lowest BCUT2D eigenvalue weighted by atomic mass is 10.2. The number of nitrogens with zero attached hydrogens (tertiary/aromatic N) is 3. The van der Waals surface area contributed by atoms with Crippen molar-refractivity contribution in [3.05, 3.63) is 29.3 Å². The first-order valence-corrected chi connectivity index (χ1v) is 6.32. The summed E-state index contributed by atoms with van der Waals surface area (Å²) in [7, 11) is 0. The molecule has 0 unspecified atom stereocenters. The zero-order valence-electron chi connectivity index (χ0n) is 11.5. The van der Waals surface area contributed by atoms with Crippen LogP contribution in [-0.2, 0) is 13.1 Å². The van der Waals surface area contributed by atoms with Crippen molar-refractivity contribution in [2.24, 2.45) is 5.92 Å². The Morgan fingerprint density at radius 2 is 2.17 bits per heavy atom. The Kier molecular flexibility index (Phi) is 3.69. The summed E-state index contributed by atoms with van der Waals surface area (Å²) >= 11 is 0. The average Bonchev–Trinajstić information content (AvgIpc) is 2.82. The maximum Gasteiger partial charge on any atom is 0.203 e.